The van der Waals surface area contributed by atoms with Crippen LogP contribution in [0.3, 0.4) is 0 Å². The Labute approximate surface area is 133 Å². The molecule has 1 heterocycles. The van der Waals surface area contributed by atoms with Gasteiger partial charge in [0.1, 0.15) is 0 Å². The smallest absolute Gasteiger partial charge is 0.193 e. The van der Waals surface area contributed by atoms with Gasteiger partial charge >= 0.3 is 0 Å². The second-order valence-electron chi connectivity index (χ2n) is 5.52. The molecule has 1 rings (SSSR count). The molecule has 0 amide bonds. The molecule has 0 spiro atoms. The molecule has 0 aromatic carbocycles. The summed E-state index contributed by atoms with van der Waals surface area (Å²) in [4.78, 5) is 7.89. The van der Waals surface area contributed by atoms with Gasteiger partial charge in [-0.25, -0.2) is 0 Å². The minimum Gasteiger partial charge on any atom is -0.380 e. The number of nitrogens with one attached hydrogen (secondary N) is 1. The predicted octanol–water partition coefficient (Wildman–Crippen LogP) is 2.86. The highest BCUT2D eigenvalue weighted by molar-refractivity contribution is 7.09. The molecular formula is C16H29N3OS. The summed E-state index contributed by atoms with van der Waals surface area (Å²) in [6, 6.07) is 4.28. The van der Waals surface area contributed by atoms with Crippen LogP contribution in [-0.4, -0.2) is 51.3 Å². The van der Waals surface area contributed by atoms with E-state index in [1.807, 2.05) is 7.05 Å². The Bertz CT molecular complexity index is 390. The van der Waals surface area contributed by atoms with Gasteiger partial charge in [0.05, 0.1) is 6.61 Å². The number of thiophene rings is 1. The molecule has 0 unspecified atom stereocenters. The van der Waals surface area contributed by atoms with Crippen molar-refractivity contribution in [2.24, 2.45) is 10.9 Å². The molecule has 120 valence electrons. The Morgan fingerprint density at radius 1 is 1.43 bits per heavy atom. The van der Waals surface area contributed by atoms with Gasteiger partial charge in [-0.15, -0.1) is 11.3 Å². The van der Waals surface area contributed by atoms with E-state index in [0.29, 0.717) is 5.92 Å². The Morgan fingerprint density at radius 2 is 2.24 bits per heavy atom. The molecule has 0 radical (unpaired) electrons. The first kappa shape index (κ1) is 18.0. The van der Waals surface area contributed by atoms with Crippen LogP contribution in [0.1, 0.15) is 25.1 Å². The molecule has 0 fully saturated rings. The average molecular weight is 311 g/mol. The number of likely N-dealkylation sites (N-methyl/N-ethyl adjacent to an activating group) is 1. The second kappa shape index (κ2) is 10.6. The predicted molar refractivity (Wildman–Crippen MR) is 92.3 cm³/mol. The van der Waals surface area contributed by atoms with E-state index < -0.39 is 0 Å². The Kier molecular flexibility index (Phi) is 9.10. The molecule has 0 saturated heterocycles. The zero-order chi connectivity index (χ0) is 15.5. The Hall–Kier alpha value is -1.07. The van der Waals surface area contributed by atoms with Crippen molar-refractivity contribution in [1.29, 1.82) is 0 Å². The SMILES string of the molecule is CN=C(NCCOCCC(C)C)N(C)CCc1cccs1. The fraction of sp³-hybridized carbons (Fsp3) is 0.688. The fourth-order valence-corrected chi connectivity index (χ4v) is 2.58. The normalized spacial score (nSPS) is 12.0. The summed E-state index contributed by atoms with van der Waals surface area (Å²) in [6.45, 7) is 7.76. The largest absolute Gasteiger partial charge is 0.380 e. The lowest BCUT2D eigenvalue weighted by atomic mass is 10.1. The van der Waals surface area contributed by atoms with Gasteiger partial charge in [-0.1, -0.05) is 19.9 Å². The maximum absolute atomic E-state index is 5.60. The fourth-order valence-electron chi connectivity index (χ4n) is 1.88. The summed E-state index contributed by atoms with van der Waals surface area (Å²) in [5.74, 6) is 1.63. The van der Waals surface area contributed by atoms with Crippen LogP contribution < -0.4 is 5.32 Å². The molecule has 1 aromatic rings. The number of hydrogen-bond acceptors (Lipinski definition) is 3. The molecule has 5 heteroatoms. The summed E-state index contributed by atoms with van der Waals surface area (Å²) >= 11 is 1.81. The van der Waals surface area contributed by atoms with Crippen molar-refractivity contribution in [3.8, 4) is 0 Å². The van der Waals surface area contributed by atoms with Crippen molar-refractivity contribution in [3.05, 3.63) is 22.4 Å². The van der Waals surface area contributed by atoms with Gasteiger partial charge in [0.25, 0.3) is 0 Å². The quantitative estimate of drug-likeness (QED) is 0.433. The van der Waals surface area contributed by atoms with Gasteiger partial charge in [0, 0.05) is 38.7 Å². The lowest BCUT2D eigenvalue weighted by Crippen LogP contribution is -2.41. The average Bonchev–Trinajstić information content (AvgIpc) is 2.97. The van der Waals surface area contributed by atoms with E-state index in [2.05, 4.69) is 53.6 Å². The third-order valence-corrected chi connectivity index (χ3v) is 4.15. The van der Waals surface area contributed by atoms with Gasteiger partial charge in [0.2, 0.25) is 0 Å². The lowest BCUT2D eigenvalue weighted by Gasteiger charge is -2.21. The van der Waals surface area contributed by atoms with Crippen molar-refractivity contribution in [2.45, 2.75) is 26.7 Å². The molecule has 0 aliphatic heterocycles. The molecule has 0 saturated carbocycles. The maximum atomic E-state index is 5.60. The lowest BCUT2D eigenvalue weighted by molar-refractivity contribution is 0.127. The molecule has 4 nitrogen and oxygen atoms in total. The summed E-state index contributed by atoms with van der Waals surface area (Å²) < 4.78 is 5.60. The van der Waals surface area contributed by atoms with E-state index in [1.165, 1.54) is 4.88 Å². The monoisotopic (exact) mass is 311 g/mol. The van der Waals surface area contributed by atoms with Gasteiger partial charge < -0.3 is 15.0 Å². The minimum absolute atomic E-state index is 0.703. The molecule has 1 aromatic heterocycles. The summed E-state index contributed by atoms with van der Waals surface area (Å²) in [5.41, 5.74) is 0. The molecule has 0 atom stereocenters. The molecule has 0 bridgehead atoms. The van der Waals surface area contributed by atoms with E-state index in [9.17, 15) is 0 Å². The zero-order valence-corrected chi connectivity index (χ0v) is 14.6. The second-order valence-corrected chi connectivity index (χ2v) is 6.55. The zero-order valence-electron chi connectivity index (χ0n) is 13.8. The topological polar surface area (TPSA) is 36.9 Å². The number of hydrogen-bond donors (Lipinski definition) is 1. The number of rotatable bonds is 9. The first-order valence-electron chi connectivity index (χ1n) is 7.65. The first-order chi connectivity index (χ1) is 10.1. The van der Waals surface area contributed by atoms with Crippen molar-refractivity contribution in [2.75, 3.05) is 40.4 Å². The van der Waals surface area contributed by atoms with Gasteiger partial charge in [-0.2, -0.15) is 0 Å². The Morgan fingerprint density at radius 3 is 2.86 bits per heavy atom. The standard InChI is InChI=1S/C16H29N3OS/c1-14(2)8-11-20-12-9-18-16(17-3)19(4)10-7-15-6-5-13-21-15/h5-6,13-14H,7-12H2,1-4H3,(H,17,18). The summed E-state index contributed by atoms with van der Waals surface area (Å²) in [5, 5.41) is 5.46. The van der Waals surface area contributed by atoms with Crippen LogP contribution in [-0.2, 0) is 11.2 Å². The highest BCUT2D eigenvalue weighted by Crippen LogP contribution is 2.09. The van der Waals surface area contributed by atoms with Gasteiger partial charge in [-0.3, -0.25) is 4.99 Å². The number of guanidine groups is 1. The van der Waals surface area contributed by atoms with E-state index >= 15 is 0 Å². The van der Waals surface area contributed by atoms with Crippen LogP contribution in [0.25, 0.3) is 0 Å². The highest BCUT2D eigenvalue weighted by atomic mass is 32.1. The number of ether oxygens (including phenoxy) is 1. The van der Waals surface area contributed by atoms with Crippen LogP contribution in [0.4, 0.5) is 0 Å². The molecule has 21 heavy (non-hydrogen) atoms. The number of nitrogens with zero attached hydrogens (tertiary/aromatic N) is 2. The van der Waals surface area contributed by atoms with Crippen molar-refractivity contribution in [3.63, 3.8) is 0 Å². The third-order valence-electron chi connectivity index (χ3n) is 3.22. The van der Waals surface area contributed by atoms with E-state index in [-0.39, 0.29) is 0 Å². The van der Waals surface area contributed by atoms with Crippen molar-refractivity contribution in [1.82, 2.24) is 10.2 Å². The number of aliphatic imine (C=N–C) groups is 1. The van der Waals surface area contributed by atoms with E-state index in [1.54, 1.807) is 11.3 Å². The van der Waals surface area contributed by atoms with Gasteiger partial charge in [0.15, 0.2) is 5.96 Å². The van der Waals surface area contributed by atoms with Crippen molar-refractivity contribution < 1.29 is 4.74 Å². The summed E-state index contributed by atoms with van der Waals surface area (Å²) in [7, 11) is 3.89. The summed E-state index contributed by atoms with van der Waals surface area (Å²) in [6.07, 6.45) is 2.18. The molecule has 1 N–H and O–H groups in total. The molecular weight excluding hydrogens is 282 g/mol. The maximum Gasteiger partial charge on any atom is 0.193 e. The van der Waals surface area contributed by atoms with Crippen LogP contribution >= 0.6 is 11.3 Å². The van der Waals surface area contributed by atoms with E-state index in [4.69, 9.17) is 4.74 Å². The minimum atomic E-state index is 0.703. The molecule has 0 aliphatic rings. The van der Waals surface area contributed by atoms with E-state index in [0.717, 1.165) is 45.1 Å². The van der Waals surface area contributed by atoms with Crippen LogP contribution in [0.2, 0.25) is 0 Å². The highest BCUT2D eigenvalue weighted by Gasteiger charge is 2.05. The van der Waals surface area contributed by atoms with Gasteiger partial charge in [-0.05, 0) is 30.2 Å². The van der Waals surface area contributed by atoms with Crippen LogP contribution in [0.15, 0.2) is 22.5 Å². The first-order valence-corrected chi connectivity index (χ1v) is 8.53. The molecule has 0 aliphatic carbocycles. The van der Waals surface area contributed by atoms with Crippen molar-refractivity contribution >= 4 is 17.3 Å². The van der Waals surface area contributed by atoms with Crippen LogP contribution in [0.5, 0.6) is 0 Å². The third kappa shape index (κ3) is 8.07. The van der Waals surface area contributed by atoms with Crippen LogP contribution in [0, 0.1) is 5.92 Å². The Balaban J connectivity index is 2.15.